The molecule has 1 amide bonds. The van der Waals surface area contributed by atoms with E-state index in [0.29, 0.717) is 6.42 Å². The summed E-state index contributed by atoms with van der Waals surface area (Å²) in [7, 11) is 1.63. The monoisotopic (exact) mass is 204 g/mol. The minimum absolute atomic E-state index is 0.104. The quantitative estimate of drug-likeness (QED) is 0.575. The van der Waals surface area contributed by atoms with Crippen molar-refractivity contribution in [2.24, 2.45) is 0 Å². The van der Waals surface area contributed by atoms with Crippen molar-refractivity contribution < 1.29 is 14.0 Å². The number of nitrogens with one attached hydrogen (secondary N) is 2. The van der Waals surface area contributed by atoms with Crippen molar-refractivity contribution in [2.75, 3.05) is 20.3 Å². The van der Waals surface area contributed by atoms with Gasteiger partial charge in [-0.2, -0.15) is 0 Å². The van der Waals surface area contributed by atoms with E-state index in [2.05, 4.69) is 10.6 Å². The maximum atomic E-state index is 11.7. The second-order valence-corrected chi connectivity index (χ2v) is 2.94. The van der Waals surface area contributed by atoms with Crippen molar-refractivity contribution in [3.63, 3.8) is 0 Å². The Morgan fingerprint density at radius 3 is 2.50 bits per heavy atom. The van der Waals surface area contributed by atoms with Gasteiger partial charge in [0, 0.05) is 6.54 Å². The van der Waals surface area contributed by atoms with E-state index in [4.69, 9.17) is 0 Å². The van der Waals surface area contributed by atoms with Gasteiger partial charge in [-0.05, 0) is 13.5 Å². The Morgan fingerprint density at radius 2 is 2.07 bits per heavy atom. The van der Waals surface area contributed by atoms with E-state index in [1.54, 1.807) is 7.05 Å². The molecule has 0 rings (SSSR count). The summed E-state index contributed by atoms with van der Waals surface area (Å²) in [6, 6.07) is -0.459. The molecule has 0 fully saturated rings. The minimum Gasteiger partial charge on any atom is -0.347 e. The van der Waals surface area contributed by atoms with Crippen LogP contribution in [0.1, 0.15) is 19.8 Å². The molecule has 0 radical (unpaired) electrons. The first-order valence-corrected chi connectivity index (χ1v) is 4.72. The number of rotatable bonds is 7. The van der Waals surface area contributed by atoms with Gasteiger partial charge in [-0.25, -0.2) is 4.39 Å². The minimum atomic E-state index is -0.713. The lowest BCUT2D eigenvalue weighted by Gasteiger charge is -2.12. The van der Waals surface area contributed by atoms with Crippen molar-refractivity contribution in [2.45, 2.75) is 25.8 Å². The molecule has 82 valence electrons. The highest BCUT2D eigenvalue weighted by Gasteiger charge is 2.22. The smallest absolute Gasteiger partial charge is 0.289 e. The third kappa shape index (κ3) is 4.32. The molecule has 0 aliphatic rings. The largest absolute Gasteiger partial charge is 0.347 e. The summed E-state index contributed by atoms with van der Waals surface area (Å²) < 4.78 is 11.7. The van der Waals surface area contributed by atoms with Gasteiger partial charge in [-0.1, -0.05) is 13.3 Å². The summed E-state index contributed by atoms with van der Waals surface area (Å²) in [6.45, 7) is 1.17. The van der Waals surface area contributed by atoms with Crippen LogP contribution in [0.2, 0.25) is 0 Å². The molecule has 0 spiro atoms. The number of carbonyl (C=O) groups is 2. The number of alkyl halides is 1. The topological polar surface area (TPSA) is 58.2 Å². The van der Waals surface area contributed by atoms with Gasteiger partial charge in [-0.15, -0.1) is 0 Å². The summed E-state index contributed by atoms with van der Waals surface area (Å²) in [5.41, 5.74) is 0. The van der Waals surface area contributed by atoms with Gasteiger partial charge < -0.3 is 10.6 Å². The van der Waals surface area contributed by atoms with E-state index < -0.39 is 24.4 Å². The molecular weight excluding hydrogens is 187 g/mol. The van der Waals surface area contributed by atoms with Crippen LogP contribution >= 0.6 is 0 Å². The van der Waals surface area contributed by atoms with Crippen LogP contribution in [-0.2, 0) is 9.59 Å². The van der Waals surface area contributed by atoms with Crippen LogP contribution in [-0.4, -0.2) is 38.0 Å². The highest BCUT2D eigenvalue weighted by atomic mass is 19.1. The average Bonchev–Trinajstić information content (AvgIpc) is 2.21. The van der Waals surface area contributed by atoms with Crippen LogP contribution in [0, 0.1) is 0 Å². The SMILES string of the molecule is CCCC(NC)C(=O)C(=O)NCCF. The number of amides is 1. The first-order chi connectivity index (χ1) is 6.67. The molecule has 0 aliphatic heterocycles. The molecule has 0 aliphatic carbocycles. The zero-order valence-corrected chi connectivity index (χ0v) is 8.60. The van der Waals surface area contributed by atoms with E-state index in [1.807, 2.05) is 6.92 Å². The van der Waals surface area contributed by atoms with E-state index in [-0.39, 0.29) is 6.54 Å². The molecule has 0 aromatic carbocycles. The van der Waals surface area contributed by atoms with Gasteiger partial charge >= 0.3 is 0 Å². The molecule has 0 aromatic heterocycles. The number of hydrogen-bond acceptors (Lipinski definition) is 3. The molecule has 0 saturated carbocycles. The van der Waals surface area contributed by atoms with E-state index >= 15 is 0 Å². The maximum Gasteiger partial charge on any atom is 0.289 e. The fourth-order valence-electron chi connectivity index (χ4n) is 1.10. The van der Waals surface area contributed by atoms with Crippen molar-refractivity contribution in [1.82, 2.24) is 10.6 Å². The fraction of sp³-hybridized carbons (Fsp3) is 0.778. The Labute approximate surface area is 83.2 Å². The predicted molar refractivity (Wildman–Crippen MR) is 51.7 cm³/mol. The maximum absolute atomic E-state index is 11.7. The summed E-state index contributed by atoms with van der Waals surface area (Å²) in [4.78, 5) is 22.5. The molecule has 0 aromatic rings. The van der Waals surface area contributed by atoms with Crippen LogP contribution in [0.25, 0.3) is 0 Å². The summed E-state index contributed by atoms with van der Waals surface area (Å²) in [5.74, 6) is -1.24. The van der Waals surface area contributed by atoms with Crippen molar-refractivity contribution in [3.8, 4) is 0 Å². The Balaban J connectivity index is 4.06. The van der Waals surface area contributed by atoms with Gasteiger partial charge in [0.05, 0.1) is 6.04 Å². The predicted octanol–water partition coefficient (Wildman–Crippen LogP) is 0.0293. The van der Waals surface area contributed by atoms with E-state index in [1.165, 1.54) is 0 Å². The zero-order valence-electron chi connectivity index (χ0n) is 8.60. The Hall–Kier alpha value is -0.970. The first-order valence-electron chi connectivity index (χ1n) is 4.72. The van der Waals surface area contributed by atoms with Crippen LogP contribution in [0.5, 0.6) is 0 Å². The number of Topliss-reactive ketones (excluding diaryl/α,β-unsaturated/α-hetero) is 1. The van der Waals surface area contributed by atoms with Crippen molar-refractivity contribution in [1.29, 1.82) is 0 Å². The third-order valence-corrected chi connectivity index (χ3v) is 1.85. The van der Waals surface area contributed by atoms with Gasteiger partial charge in [0.1, 0.15) is 6.67 Å². The molecule has 5 heteroatoms. The van der Waals surface area contributed by atoms with Crippen LogP contribution in [0.3, 0.4) is 0 Å². The number of carbonyl (C=O) groups excluding carboxylic acids is 2. The highest BCUT2D eigenvalue weighted by molar-refractivity contribution is 6.38. The van der Waals surface area contributed by atoms with Gasteiger partial charge in [0.15, 0.2) is 0 Å². The summed E-state index contributed by atoms with van der Waals surface area (Å²) >= 11 is 0. The number of ketones is 1. The molecule has 1 atom stereocenters. The second-order valence-electron chi connectivity index (χ2n) is 2.94. The fourth-order valence-corrected chi connectivity index (χ4v) is 1.10. The van der Waals surface area contributed by atoms with Crippen LogP contribution < -0.4 is 10.6 Å². The molecule has 0 saturated heterocycles. The molecule has 2 N–H and O–H groups in total. The Morgan fingerprint density at radius 1 is 1.43 bits per heavy atom. The molecule has 1 unspecified atom stereocenters. The lowest BCUT2D eigenvalue weighted by atomic mass is 10.1. The zero-order chi connectivity index (χ0) is 11.0. The Bertz CT molecular complexity index is 197. The van der Waals surface area contributed by atoms with Gasteiger partial charge in [0.2, 0.25) is 5.78 Å². The molecule has 14 heavy (non-hydrogen) atoms. The average molecular weight is 204 g/mol. The number of hydrogen-bond donors (Lipinski definition) is 2. The lowest BCUT2D eigenvalue weighted by Crippen LogP contribution is -2.44. The van der Waals surface area contributed by atoms with Gasteiger partial charge in [-0.3, -0.25) is 9.59 Å². The van der Waals surface area contributed by atoms with E-state index in [9.17, 15) is 14.0 Å². The number of likely N-dealkylation sites (N-methyl/N-ethyl adjacent to an activating group) is 1. The van der Waals surface area contributed by atoms with E-state index in [0.717, 1.165) is 6.42 Å². The summed E-state index contributed by atoms with van der Waals surface area (Å²) in [5, 5.41) is 4.96. The summed E-state index contributed by atoms with van der Waals surface area (Å²) in [6.07, 6.45) is 1.42. The number of halogens is 1. The van der Waals surface area contributed by atoms with Gasteiger partial charge in [0.25, 0.3) is 5.91 Å². The molecule has 0 heterocycles. The second kappa shape index (κ2) is 7.44. The van der Waals surface area contributed by atoms with Crippen molar-refractivity contribution in [3.05, 3.63) is 0 Å². The molecular formula is C9H17FN2O2. The van der Waals surface area contributed by atoms with Crippen LogP contribution in [0.15, 0.2) is 0 Å². The molecule has 4 nitrogen and oxygen atoms in total. The normalized spacial score (nSPS) is 12.2. The Kier molecular flexibility index (Phi) is 6.92. The first kappa shape index (κ1) is 13.0. The van der Waals surface area contributed by atoms with Crippen molar-refractivity contribution >= 4 is 11.7 Å². The van der Waals surface area contributed by atoms with Crippen LogP contribution in [0.4, 0.5) is 4.39 Å². The molecule has 0 bridgehead atoms. The third-order valence-electron chi connectivity index (χ3n) is 1.85. The highest BCUT2D eigenvalue weighted by Crippen LogP contribution is 1.97. The lowest BCUT2D eigenvalue weighted by molar-refractivity contribution is -0.139. The standard InChI is InChI=1S/C9H17FN2O2/c1-3-4-7(11-2)8(13)9(14)12-6-5-10/h7,11H,3-6H2,1-2H3,(H,12,14).